The van der Waals surface area contributed by atoms with Gasteiger partial charge in [0.2, 0.25) is 0 Å². The van der Waals surface area contributed by atoms with Gasteiger partial charge in [0.15, 0.2) is 9.84 Å². The summed E-state index contributed by atoms with van der Waals surface area (Å²) in [4.78, 5) is 2.21. The van der Waals surface area contributed by atoms with Crippen LogP contribution in [0, 0.1) is 22.7 Å². The summed E-state index contributed by atoms with van der Waals surface area (Å²) in [6.07, 6.45) is 1.71. The Labute approximate surface area is 104 Å². The first kappa shape index (κ1) is 12.8. The van der Waals surface area contributed by atoms with E-state index < -0.39 is 9.84 Å². The highest BCUT2D eigenvalue weighted by Crippen LogP contribution is 2.36. The summed E-state index contributed by atoms with van der Waals surface area (Å²) < 4.78 is 22.9. The van der Waals surface area contributed by atoms with E-state index >= 15 is 0 Å². The van der Waals surface area contributed by atoms with E-state index in [2.05, 4.69) is 24.8 Å². The minimum absolute atomic E-state index is 0.0135. The van der Waals surface area contributed by atoms with Crippen LogP contribution in [0.4, 0.5) is 0 Å². The molecule has 2 atom stereocenters. The quantitative estimate of drug-likeness (QED) is 0.703. The molecule has 5 heteroatoms. The molecule has 2 heterocycles. The average Bonchev–Trinajstić information content (AvgIpc) is 2.58. The molecule has 0 aromatic heterocycles. The van der Waals surface area contributed by atoms with E-state index in [1.807, 2.05) is 0 Å². The second-order valence-corrected chi connectivity index (χ2v) is 8.20. The van der Waals surface area contributed by atoms with Crippen LogP contribution in [0.1, 0.15) is 26.7 Å². The minimum Gasteiger partial charge on any atom is -0.298 e. The second kappa shape index (κ2) is 4.25. The van der Waals surface area contributed by atoms with Gasteiger partial charge in [-0.25, -0.2) is 8.42 Å². The lowest BCUT2D eigenvalue weighted by Crippen LogP contribution is -2.49. The number of nitrogens with zero attached hydrogens (tertiary/aromatic N) is 2. The van der Waals surface area contributed by atoms with E-state index in [9.17, 15) is 13.7 Å². The van der Waals surface area contributed by atoms with Gasteiger partial charge in [0, 0.05) is 12.6 Å². The average molecular weight is 256 g/mol. The molecule has 0 N–H and O–H groups in total. The van der Waals surface area contributed by atoms with Gasteiger partial charge < -0.3 is 0 Å². The van der Waals surface area contributed by atoms with Gasteiger partial charge in [-0.05, 0) is 24.8 Å². The Morgan fingerprint density at radius 1 is 1.41 bits per heavy atom. The highest BCUT2D eigenvalue weighted by molar-refractivity contribution is 7.91. The van der Waals surface area contributed by atoms with E-state index in [1.165, 1.54) is 0 Å². The van der Waals surface area contributed by atoms with Crippen molar-refractivity contribution in [1.29, 1.82) is 5.26 Å². The fourth-order valence-electron chi connectivity index (χ4n) is 2.79. The summed E-state index contributed by atoms with van der Waals surface area (Å²) in [6.45, 7) is 5.91. The summed E-state index contributed by atoms with van der Waals surface area (Å²) in [5.74, 6) is 0.611. The van der Waals surface area contributed by atoms with Crippen LogP contribution in [0.2, 0.25) is 0 Å². The van der Waals surface area contributed by atoms with Crippen molar-refractivity contribution >= 4 is 9.84 Å². The predicted molar refractivity (Wildman–Crippen MR) is 66.1 cm³/mol. The lowest BCUT2D eigenvalue weighted by atomic mass is 9.74. The van der Waals surface area contributed by atoms with Crippen LogP contribution in [-0.4, -0.2) is 44.0 Å². The van der Waals surface area contributed by atoms with Crippen LogP contribution in [0.3, 0.4) is 0 Å². The molecule has 4 nitrogen and oxygen atoms in total. The number of hydrogen-bond acceptors (Lipinski definition) is 4. The maximum atomic E-state index is 11.5. The van der Waals surface area contributed by atoms with Crippen LogP contribution >= 0.6 is 0 Å². The monoisotopic (exact) mass is 256 g/mol. The molecule has 0 aliphatic carbocycles. The molecule has 2 fully saturated rings. The zero-order valence-corrected chi connectivity index (χ0v) is 11.3. The molecule has 0 aromatic carbocycles. The normalized spacial score (nSPS) is 36.5. The third-order valence-corrected chi connectivity index (χ3v) is 6.03. The number of sulfone groups is 1. The summed E-state index contributed by atoms with van der Waals surface area (Å²) in [6, 6.07) is 2.52. The van der Waals surface area contributed by atoms with E-state index in [-0.39, 0.29) is 23.1 Å². The van der Waals surface area contributed by atoms with Gasteiger partial charge in [0.25, 0.3) is 0 Å². The van der Waals surface area contributed by atoms with Gasteiger partial charge in [-0.15, -0.1) is 0 Å². The van der Waals surface area contributed by atoms with Crippen LogP contribution in [0.25, 0.3) is 0 Å². The fraction of sp³-hybridized carbons (Fsp3) is 0.917. The summed E-state index contributed by atoms with van der Waals surface area (Å²) in [5, 5.41) is 9.19. The first-order valence-electron chi connectivity index (χ1n) is 6.18. The van der Waals surface area contributed by atoms with Gasteiger partial charge in [-0.3, -0.25) is 4.90 Å². The van der Waals surface area contributed by atoms with Crippen molar-refractivity contribution in [2.75, 3.05) is 24.6 Å². The SMILES string of the molecule is CC1(C)CCN(C2CCS(=O)(=O)C2)CC1C#N. The molecule has 0 aromatic rings. The molecule has 0 bridgehead atoms. The molecule has 2 aliphatic rings. The molecule has 2 rings (SSSR count). The number of nitriles is 1. The fourth-order valence-corrected chi connectivity index (χ4v) is 4.55. The molecule has 0 saturated carbocycles. The topological polar surface area (TPSA) is 61.2 Å². The van der Waals surface area contributed by atoms with Crippen molar-refractivity contribution in [2.24, 2.45) is 11.3 Å². The molecule has 96 valence electrons. The lowest BCUT2D eigenvalue weighted by molar-refractivity contribution is 0.0669. The van der Waals surface area contributed by atoms with Crippen molar-refractivity contribution in [2.45, 2.75) is 32.7 Å². The Kier molecular flexibility index (Phi) is 3.21. The molecular weight excluding hydrogens is 236 g/mol. The molecule has 0 amide bonds. The van der Waals surface area contributed by atoms with E-state index in [1.54, 1.807) is 0 Å². The Bertz CT molecular complexity index is 436. The Balaban J connectivity index is 2.04. The maximum absolute atomic E-state index is 11.5. The van der Waals surface area contributed by atoms with Gasteiger partial charge in [0.05, 0.1) is 23.5 Å². The van der Waals surface area contributed by atoms with Crippen molar-refractivity contribution < 1.29 is 8.42 Å². The summed E-state index contributed by atoms with van der Waals surface area (Å²) in [7, 11) is -2.82. The third kappa shape index (κ3) is 2.63. The van der Waals surface area contributed by atoms with Crippen LogP contribution in [-0.2, 0) is 9.84 Å². The minimum atomic E-state index is -2.82. The highest BCUT2D eigenvalue weighted by Gasteiger charge is 2.40. The smallest absolute Gasteiger partial charge is 0.151 e. The van der Waals surface area contributed by atoms with Crippen LogP contribution in [0.5, 0.6) is 0 Å². The standard InChI is InChI=1S/C12H20N2O2S/c1-12(2)4-5-14(8-10(12)7-13)11-3-6-17(15,16)9-11/h10-11H,3-6,8-9H2,1-2H3. The Morgan fingerprint density at radius 2 is 2.12 bits per heavy atom. The molecule has 17 heavy (non-hydrogen) atoms. The molecule has 0 spiro atoms. The molecular formula is C12H20N2O2S. The highest BCUT2D eigenvalue weighted by atomic mass is 32.2. The van der Waals surface area contributed by atoms with Gasteiger partial charge in [-0.1, -0.05) is 13.8 Å². The first-order valence-corrected chi connectivity index (χ1v) is 8.00. The van der Waals surface area contributed by atoms with Crippen molar-refractivity contribution in [3.63, 3.8) is 0 Å². The zero-order valence-electron chi connectivity index (χ0n) is 10.5. The van der Waals surface area contributed by atoms with Gasteiger partial charge in [0.1, 0.15) is 0 Å². The maximum Gasteiger partial charge on any atom is 0.151 e. The molecule has 2 unspecified atom stereocenters. The van der Waals surface area contributed by atoms with Crippen LogP contribution < -0.4 is 0 Å². The number of rotatable bonds is 1. The van der Waals surface area contributed by atoms with Gasteiger partial charge >= 0.3 is 0 Å². The van der Waals surface area contributed by atoms with E-state index in [0.29, 0.717) is 5.75 Å². The van der Waals surface area contributed by atoms with Crippen molar-refractivity contribution in [1.82, 2.24) is 4.90 Å². The second-order valence-electron chi connectivity index (χ2n) is 5.97. The van der Waals surface area contributed by atoms with E-state index in [4.69, 9.17) is 0 Å². The first-order chi connectivity index (χ1) is 7.84. The van der Waals surface area contributed by atoms with Crippen LogP contribution in [0.15, 0.2) is 0 Å². The molecule has 2 saturated heterocycles. The van der Waals surface area contributed by atoms with Gasteiger partial charge in [-0.2, -0.15) is 5.26 Å². The third-order valence-electron chi connectivity index (χ3n) is 4.28. The summed E-state index contributed by atoms with van der Waals surface area (Å²) >= 11 is 0. The summed E-state index contributed by atoms with van der Waals surface area (Å²) in [5.41, 5.74) is 0.0583. The van der Waals surface area contributed by atoms with E-state index in [0.717, 1.165) is 25.9 Å². The zero-order chi connectivity index (χ0) is 12.7. The lowest BCUT2D eigenvalue weighted by Gasteiger charge is -2.42. The predicted octanol–water partition coefficient (Wildman–Crippen LogP) is 1.05. The number of hydrogen-bond donors (Lipinski definition) is 0. The largest absolute Gasteiger partial charge is 0.298 e. The Morgan fingerprint density at radius 3 is 2.65 bits per heavy atom. The Hall–Kier alpha value is -0.600. The van der Waals surface area contributed by atoms with Crippen molar-refractivity contribution in [3.8, 4) is 6.07 Å². The molecule has 2 aliphatic heterocycles. The van der Waals surface area contributed by atoms with Crippen molar-refractivity contribution in [3.05, 3.63) is 0 Å². The molecule has 0 radical (unpaired) electrons. The number of piperidine rings is 1. The number of likely N-dealkylation sites (tertiary alicyclic amines) is 1.